The summed E-state index contributed by atoms with van der Waals surface area (Å²) in [5.41, 5.74) is 0.972. The Bertz CT molecular complexity index is 611. The van der Waals surface area contributed by atoms with Crippen LogP contribution in [0, 0.1) is 11.8 Å². The van der Waals surface area contributed by atoms with Gasteiger partial charge in [-0.15, -0.1) is 0 Å². The van der Waals surface area contributed by atoms with Gasteiger partial charge in [-0.05, 0) is 43.5 Å². The molecule has 2 rings (SSSR count). The largest absolute Gasteiger partial charge is 0.481 e. The molecule has 1 aromatic rings. The average molecular weight is 347 g/mol. The highest BCUT2D eigenvalue weighted by molar-refractivity contribution is 5.96. The van der Waals surface area contributed by atoms with E-state index in [1.165, 1.54) is 0 Å². The summed E-state index contributed by atoms with van der Waals surface area (Å²) in [7, 11) is 0. The maximum Gasteiger partial charge on any atom is 0.338 e. The van der Waals surface area contributed by atoms with Crippen LogP contribution < -0.4 is 5.32 Å². The molecule has 2 N–H and O–H groups in total. The van der Waals surface area contributed by atoms with Gasteiger partial charge in [-0.1, -0.05) is 26.2 Å². The smallest absolute Gasteiger partial charge is 0.338 e. The lowest BCUT2D eigenvalue weighted by molar-refractivity contribution is -0.147. The maximum absolute atomic E-state index is 12.4. The molecule has 1 aliphatic carbocycles. The summed E-state index contributed by atoms with van der Waals surface area (Å²) in [5, 5.41) is 12.0. The topological polar surface area (TPSA) is 92.7 Å². The molecule has 0 heterocycles. The summed E-state index contributed by atoms with van der Waals surface area (Å²) in [4.78, 5) is 35.6. The van der Waals surface area contributed by atoms with Crippen molar-refractivity contribution in [3.63, 3.8) is 0 Å². The molecule has 1 aromatic carbocycles. The highest BCUT2D eigenvalue weighted by atomic mass is 16.5. The number of hydrogen-bond donors (Lipinski definition) is 2. The van der Waals surface area contributed by atoms with Crippen molar-refractivity contribution in [3.05, 3.63) is 29.8 Å². The van der Waals surface area contributed by atoms with E-state index in [2.05, 4.69) is 5.32 Å². The van der Waals surface area contributed by atoms with Gasteiger partial charge < -0.3 is 15.2 Å². The normalized spacial score (nSPS) is 19.9. The Balaban J connectivity index is 1.94. The molecular formula is C19H25NO5. The number of benzene rings is 1. The minimum atomic E-state index is -0.912. The molecule has 6 heteroatoms. The van der Waals surface area contributed by atoms with Crippen molar-refractivity contribution in [2.24, 2.45) is 11.8 Å². The molecule has 1 saturated carbocycles. The number of anilines is 1. The number of ether oxygens (including phenoxy) is 1. The molecular weight excluding hydrogens is 322 g/mol. The lowest BCUT2D eigenvalue weighted by Gasteiger charge is -2.27. The minimum Gasteiger partial charge on any atom is -0.481 e. The highest BCUT2D eigenvalue weighted by Crippen LogP contribution is 2.31. The lowest BCUT2D eigenvalue weighted by Crippen LogP contribution is -2.36. The van der Waals surface area contributed by atoms with Crippen LogP contribution >= 0.6 is 0 Å². The number of amides is 1. The van der Waals surface area contributed by atoms with Gasteiger partial charge in [-0.25, -0.2) is 4.79 Å². The van der Waals surface area contributed by atoms with Gasteiger partial charge in [0.1, 0.15) is 0 Å². The Morgan fingerprint density at radius 2 is 1.76 bits per heavy atom. The molecule has 0 aliphatic heterocycles. The van der Waals surface area contributed by atoms with Crippen LogP contribution in [0.2, 0.25) is 0 Å². The van der Waals surface area contributed by atoms with Crippen molar-refractivity contribution < 1.29 is 24.2 Å². The van der Waals surface area contributed by atoms with Gasteiger partial charge in [0.15, 0.2) is 0 Å². The SMILES string of the molecule is CCCCOC(=O)c1ccc(NC(=O)[C@H]2CCCC[C@H]2C(=O)O)cc1. The van der Waals surface area contributed by atoms with Crippen molar-refractivity contribution >= 4 is 23.5 Å². The summed E-state index contributed by atoms with van der Waals surface area (Å²) in [5.74, 6) is -2.70. The monoisotopic (exact) mass is 347 g/mol. The summed E-state index contributed by atoms with van der Waals surface area (Å²) in [6.07, 6.45) is 4.61. The second-order valence-electron chi connectivity index (χ2n) is 6.39. The molecule has 25 heavy (non-hydrogen) atoms. The number of carbonyl (C=O) groups excluding carboxylic acids is 2. The number of rotatable bonds is 7. The molecule has 2 atom stereocenters. The van der Waals surface area contributed by atoms with Gasteiger partial charge in [-0.3, -0.25) is 9.59 Å². The number of esters is 1. The molecule has 0 bridgehead atoms. The predicted molar refractivity (Wildman–Crippen MR) is 93.3 cm³/mol. The van der Waals surface area contributed by atoms with Crippen LogP contribution in [0.5, 0.6) is 0 Å². The van der Waals surface area contributed by atoms with Crippen molar-refractivity contribution in [1.29, 1.82) is 0 Å². The summed E-state index contributed by atoms with van der Waals surface area (Å²) in [6.45, 7) is 2.42. The van der Waals surface area contributed by atoms with Crippen LogP contribution in [0.15, 0.2) is 24.3 Å². The number of carboxylic acids is 1. The zero-order chi connectivity index (χ0) is 18.2. The number of aliphatic carboxylic acids is 1. The third-order valence-electron chi connectivity index (χ3n) is 4.54. The molecule has 1 aliphatic rings. The van der Waals surface area contributed by atoms with E-state index in [0.717, 1.165) is 25.7 Å². The Morgan fingerprint density at radius 3 is 2.36 bits per heavy atom. The Labute approximate surface area is 147 Å². The lowest BCUT2D eigenvalue weighted by atomic mass is 9.78. The number of carboxylic acid groups (broad SMARTS) is 1. The van der Waals surface area contributed by atoms with Crippen LogP contribution in [-0.2, 0) is 14.3 Å². The first-order valence-corrected chi connectivity index (χ1v) is 8.83. The molecule has 1 amide bonds. The van der Waals surface area contributed by atoms with Crippen LogP contribution in [0.25, 0.3) is 0 Å². The molecule has 1 fully saturated rings. The summed E-state index contributed by atoms with van der Waals surface area (Å²) >= 11 is 0. The third kappa shape index (κ3) is 5.31. The van der Waals surface area contributed by atoms with Gasteiger partial charge in [0, 0.05) is 5.69 Å². The first-order valence-electron chi connectivity index (χ1n) is 8.83. The zero-order valence-electron chi connectivity index (χ0n) is 14.5. The van der Waals surface area contributed by atoms with Crippen molar-refractivity contribution in [2.75, 3.05) is 11.9 Å². The van der Waals surface area contributed by atoms with Gasteiger partial charge in [0.25, 0.3) is 0 Å². The Hall–Kier alpha value is -2.37. The van der Waals surface area contributed by atoms with E-state index >= 15 is 0 Å². The van der Waals surface area contributed by atoms with Gasteiger partial charge in [-0.2, -0.15) is 0 Å². The van der Waals surface area contributed by atoms with E-state index < -0.39 is 17.8 Å². The van der Waals surface area contributed by atoms with Crippen molar-refractivity contribution in [3.8, 4) is 0 Å². The fraction of sp³-hybridized carbons (Fsp3) is 0.526. The quantitative estimate of drug-likeness (QED) is 0.582. The van der Waals surface area contributed by atoms with Crippen molar-refractivity contribution in [2.45, 2.75) is 45.4 Å². The van der Waals surface area contributed by atoms with Gasteiger partial charge in [0.2, 0.25) is 5.91 Å². The molecule has 0 saturated heterocycles. The third-order valence-corrected chi connectivity index (χ3v) is 4.54. The first-order chi connectivity index (χ1) is 12.0. The molecule has 6 nitrogen and oxygen atoms in total. The number of nitrogens with one attached hydrogen (secondary N) is 1. The zero-order valence-corrected chi connectivity index (χ0v) is 14.5. The summed E-state index contributed by atoms with van der Waals surface area (Å²) in [6, 6.07) is 6.46. The standard InChI is InChI=1S/C19H25NO5/c1-2-3-12-25-19(24)13-8-10-14(11-9-13)20-17(21)15-6-4-5-7-16(15)18(22)23/h8-11,15-16H,2-7,12H2,1H3,(H,20,21)(H,22,23)/t15-,16+/m0/s1. The van der Waals surface area contributed by atoms with Crippen LogP contribution in [0.4, 0.5) is 5.69 Å². The summed E-state index contributed by atoms with van der Waals surface area (Å²) < 4.78 is 5.13. The molecule has 0 spiro atoms. The van der Waals surface area contributed by atoms with Gasteiger partial charge >= 0.3 is 11.9 Å². The van der Waals surface area contributed by atoms with Crippen LogP contribution in [0.3, 0.4) is 0 Å². The Morgan fingerprint density at radius 1 is 1.12 bits per heavy atom. The second kappa shape index (κ2) is 9.20. The molecule has 0 radical (unpaired) electrons. The molecule has 0 unspecified atom stereocenters. The number of unbranched alkanes of at least 4 members (excludes halogenated alkanes) is 1. The van der Waals surface area contributed by atoms with E-state index in [4.69, 9.17) is 4.74 Å². The number of carbonyl (C=O) groups is 3. The molecule has 136 valence electrons. The predicted octanol–water partition coefficient (Wildman–Crippen LogP) is 3.47. The Kier molecular flexibility index (Phi) is 6.98. The first kappa shape index (κ1) is 19.0. The number of hydrogen-bond acceptors (Lipinski definition) is 4. The average Bonchev–Trinajstić information content (AvgIpc) is 2.62. The fourth-order valence-corrected chi connectivity index (χ4v) is 3.06. The van der Waals surface area contributed by atoms with E-state index in [-0.39, 0.29) is 11.9 Å². The van der Waals surface area contributed by atoms with Crippen molar-refractivity contribution in [1.82, 2.24) is 0 Å². The van der Waals surface area contributed by atoms with E-state index in [1.54, 1.807) is 24.3 Å². The van der Waals surface area contributed by atoms with E-state index in [0.29, 0.717) is 30.7 Å². The van der Waals surface area contributed by atoms with Crippen LogP contribution in [0.1, 0.15) is 55.8 Å². The van der Waals surface area contributed by atoms with Crippen LogP contribution in [-0.4, -0.2) is 29.6 Å². The van der Waals surface area contributed by atoms with Gasteiger partial charge in [0.05, 0.1) is 24.0 Å². The highest BCUT2D eigenvalue weighted by Gasteiger charge is 2.35. The molecule has 0 aromatic heterocycles. The second-order valence-corrected chi connectivity index (χ2v) is 6.39. The maximum atomic E-state index is 12.4. The van der Waals surface area contributed by atoms with E-state index in [1.807, 2.05) is 6.92 Å². The van der Waals surface area contributed by atoms with E-state index in [9.17, 15) is 19.5 Å². The fourth-order valence-electron chi connectivity index (χ4n) is 3.06. The minimum absolute atomic E-state index is 0.273.